The number of thiazole rings is 1. The van der Waals surface area contributed by atoms with Gasteiger partial charge in [-0.2, -0.15) is 0 Å². The van der Waals surface area contributed by atoms with E-state index in [0.717, 1.165) is 22.5 Å². The van der Waals surface area contributed by atoms with Gasteiger partial charge in [-0.3, -0.25) is 9.69 Å². The van der Waals surface area contributed by atoms with E-state index in [2.05, 4.69) is 22.1 Å². The molecule has 0 N–H and O–H groups in total. The molecule has 0 aliphatic carbocycles. The molecule has 0 unspecified atom stereocenters. The highest BCUT2D eigenvalue weighted by molar-refractivity contribution is 7.98. The van der Waals surface area contributed by atoms with Crippen molar-refractivity contribution in [2.45, 2.75) is 31.7 Å². The molecule has 2 aromatic carbocycles. The van der Waals surface area contributed by atoms with Gasteiger partial charge in [0.15, 0.2) is 5.13 Å². The van der Waals surface area contributed by atoms with Gasteiger partial charge in [-0.1, -0.05) is 36.0 Å². The van der Waals surface area contributed by atoms with Crippen LogP contribution in [0.1, 0.15) is 23.7 Å². The van der Waals surface area contributed by atoms with Gasteiger partial charge in [-0.05, 0) is 49.2 Å². The molecular weight excluding hydrogens is 416 g/mol. The maximum absolute atomic E-state index is 12.3. The van der Waals surface area contributed by atoms with Gasteiger partial charge in [-0.15, -0.1) is 21.5 Å². The van der Waals surface area contributed by atoms with Gasteiger partial charge in [0, 0.05) is 23.6 Å². The first kappa shape index (κ1) is 20.3. The molecule has 0 radical (unpaired) electrons. The zero-order valence-corrected chi connectivity index (χ0v) is 18.5. The fourth-order valence-electron chi connectivity index (χ4n) is 2.86. The fourth-order valence-corrected chi connectivity index (χ4v) is 4.51. The van der Waals surface area contributed by atoms with Crippen LogP contribution in [0.5, 0.6) is 0 Å². The number of benzene rings is 2. The highest BCUT2D eigenvalue weighted by Gasteiger charge is 2.19. The second-order valence-electron chi connectivity index (χ2n) is 6.77. The SMILES string of the molecule is CC(=O)N(c1ccc(C)c(C)c1)c1nc(CSc2nnc(-c3ccccc3)o2)cs1. The minimum Gasteiger partial charge on any atom is -0.411 e. The standard InChI is InChI=1S/C22H20N4O2S2/c1-14-9-10-19(11-15(14)2)26(16(3)27)21-23-18(12-29-21)13-30-22-25-24-20(28-22)17-7-5-4-6-8-17/h4-12H,13H2,1-3H3. The molecule has 0 bridgehead atoms. The van der Waals surface area contributed by atoms with E-state index in [1.807, 2.05) is 60.8 Å². The Hall–Kier alpha value is -2.97. The zero-order chi connectivity index (χ0) is 21.1. The molecule has 6 nitrogen and oxygen atoms in total. The lowest BCUT2D eigenvalue weighted by molar-refractivity contribution is -0.115. The molecule has 8 heteroatoms. The fraction of sp³-hybridized carbons (Fsp3) is 0.182. The molecule has 0 aliphatic rings. The van der Waals surface area contributed by atoms with Crippen molar-refractivity contribution < 1.29 is 9.21 Å². The zero-order valence-electron chi connectivity index (χ0n) is 16.8. The van der Waals surface area contributed by atoms with Gasteiger partial charge in [0.25, 0.3) is 5.22 Å². The highest BCUT2D eigenvalue weighted by Crippen LogP contribution is 2.32. The molecule has 0 saturated heterocycles. The van der Waals surface area contributed by atoms with E-state index in [1.165, 1.54) is 28.7 Å². The van der Waals surface area contributed by atoms with Crippen LogP contribution in [0.4, 0.5) is 10.8 Å². The lowest BCUT2D eigenvalue weighted by atomic mass is 10.1. The molecule has 4 aromatic rings. The molecule has 2 aromatic heterocycles. The largest absolute Gasteiger partial charge is 0.411 e. The molecular formula is C22H20N4O2S2. The molecule has 0 aliphatic heterocycles. The third-order valence-electron chi connectivity index (χ3n) is 4.57. The van der Waals surface area contributed by atoms with Crippen molar-refractivity contribution >= 4 is 39.8 Å². The summed E-state index contributed by atoms with van der Waals surface area (Å²) in [6.07, 6.45) is 0. The topological polar surface area (TPSA) is 72.1 Å². The number of nitrogens with zero attached hydrogens (tertiary/aromatic N) is 4. The number of anilines is 2. The summed E-state index contributed by atoms with van der Waals surface area (Å²) in [6.45, 7) is 5.64. The number of amides is 1. The summed E-state index contributed by atoms with van der Waals surface area (Å²) in [6, 6.07) is 15.6. The van der Waals surface area contributed by atoms with E-state index >= 15 is 0 Å². The average Bonchev–Trinajstić information content (AvgIpc) is 3.39. The summed E-state index contributed by atoms with van der Waals surface area (Å²) in [5.74, 6) is 0.997. The number of aromatic nitrogens is 3. The van der Waals surface area contributed by atoms with Gasteiger partial charge in [0.1, 0.15) is 0 Å². The van der Waals surface area contributed by atoms with Crippen molar-refractivity contribution in [2.24, 2.45) is 0 Å². The number of thioether (sulfide) groups is 1. The van der Waals surface area contributed by atoms with E-state index < -0.39 is 0 Å². The Balaban J connectivity index is 1.47. The van der Waals surface area contributed by atoms with Crippen LogP contribution in [0.15, 0.2) is 63.6 Å². The summed E-state index contributed by atoms with van der Waals surface area (Å²) < 4.78 is 5.73. The average molecular weight is 437 g/mol. The minimum atomic E-state index is -0.0730. The Kier molecular flexibility index (Phi) is 5.96. The summed E-state index contributed by atoms with van der Waals surface area (Å²) in [4.78, 5) is 18.6. The number of rotatable bonds is 6. The predicted molar refractivity (Wildman–Crippen MR) is 120 cm³/mol. The van der Waals surface area contributed by atoms with Crippen LogP contribution in [0.2, 0.25) is 0 Å². The summed E-state index contributed by atoms with van der Waals surface area (Å²) >= 11 is 2.87. The quantitative estimate of drug-likeness (QED) is 0.356. The van der Waals surface area contributed by atoms with Gasteiger partial charge in [-0.25, -0.2) is 4.98 Å². The molecule has 30 heavy (non-hydrogen) atoms. The molecule has 152 valence electrons. The highest BCUT2D eigenvalue weighted by atomic mass is 32.2. The van der Waals surface area contributed by atoms with Crippen LogP contribution in [0, 0.1) is 13.8 Å². The minimum absolute atomic E-state index is 0.0730. The Bertz CT molecular complexity index is 1170. The summed E-state index contributed by atoms with van der Waals surface area (Å²) in [5, 5.41) is 11.3. The second-order valence-corrected chi connectivity index (χ2v) is 8.54. The van der Waals surface area contributed by atoms with E-state index in [1.54, 1.807) is 11.8 Å². The molecule has 0 spiro atoms. The van der Waals surface area contributed by atoms with Crippen molar-refractivity contribution in [2.75, 3.05) is 4.90 Å². The van der Waals surface area contributed by atoms with E-state index in [0.29, 0.717) is 22.0 Å². The maximum Gasteiger partial charge on any atom is 0.277 e. The summed E-state index contributed by atoms with van der Waals surface area (Å²) in [7, 11) is 0. The first-order chi connectivity index (χ1) is 14.5. The van der Waals surface area contributed by atoms with Gasteiger partial charge in [0.2, 0.25) is 11.8 Å². The molecule has 4 rings (SSSR count). The Labute approximate surface area is 183 Å². The van der Waals surface area contributed by atoms with Gasteiger partial charge in [0.05, 0.1) is 11.4 Å². The number of carbonyl (C=O) groups excluding carboxylic acids is 1. The number of hydrogen-bond donors (Lipinski definition) is 0. The van der Waals surface area contributed by atoms with E-state index in [-0.39, 0.29) is 5.91 Å². The van der Waals surface area contributed by atoms with Crippen molar-refractivity contribution in [1.29, 1.82) is 0 Å². The Morgan fingerprint density at radius 3 is 2.63 bits per heavy atom. The molecule has 0 atom stereocenters. The number of aryl methyl sites for hydroxylation is 2. The number of carbonyl (C=O) groups is 1. The van der Waals surface area contributed by atoms with Crippen molar-refractivity contribution in [3.05, 3.63) is 70.7 Å². The third kappa shape index (κ3) is 4.44. The molecule has 0 saturated carbocycles. The summed E-state index contributed by atoms with van der Waals surface area (Å²) in [5.41, 5.74) is 4.89. The van der Waals surface area contributed by atoms with Crippen molar-refractivity contribution in [3.8, 4) is 11.5 Å². The van der Waals surface area contributed by atoms with Crippen LogP contribution < -0.4 is 4.90 Å². The van der Waals surface area contributed by atoms with Crippen LogP contribution >= 0.6 is 23.1 Å². The van der Waals surface area contributed by atoms with Gasteiger partial charge < -0.3 is 4.42 Å². The second kappa shape index (κ2) is 8.81. The molecule has 1 amide bonds. The normalized spacial score (nSPS) is 10.9. The van der Waals surface area contributed by atoms with Crippen LogP contribution in [-0.2, 0) is 10.5 Å². The smallest absolute Gasteiger partial charge is 0.277 e. The maximum atomic E-state index is 12.3. The third-order valence-corrected chi connectivity index (χ3v) is 6.29. The molecule has 0 fully saturated rings. The van der Waals surface area contributed by atoms with E-state index in [9.17, 15) is 4.79 Å². The Morgan fingerprint density at radius 2 is 1.90 bits per heavy atom. The van der Waals surface area contributed by atoms with Crippen molar-refractivity contribution in [3.63, 3.8) is 0 Å². The first-order valence-electron chi connectivity index (χ1n) is 9.35. The van der Waals surface area contributed by atoms with Crippen LogP contribution in [-0.4, -0.2) is 21.1 Å². The van der Waals surface area contributed by atoms with E-state index in [4.69, 9.17) is 4.42 Å². The predicted octanol–water partition coefficient (Wildman–Crippen LogP) is 5.79. The van der Waals surface area contributed by atoms with Crippen LogP contribution in [0.3, 0.4) is 0 Å². The lowest BCUT2D eigenvalue weighted by Gasteiger charge is -2.19. The monoisotopic (exact) mass is 436 g/mol. The number of hydrogen-bond acceptors (Lipinski definition) is 7. The van der Waals surface area contributed by atoms with Gasteiger partial charge >= 0.3 is 0 Å². The Morgan fingerprint density at radius 1 is 1.10 bits per heavy atom. The molecule has 2 heterocycles. The van der Waals surface area contributed by atoms with Crippen LogP contribution in [0.25, 0.3) is 11.5 Å². The lowest BCUT2D eigenvalue weighted by Crippen LogP contribution is -2.22. The first-order valence-corrected chi connectivity index (χ1v) is 11.2. The van der Waals surface area contributed by atoms with Crippen molar-refractivity contribution in [1.82, 2.24) is 15.2 Å².